The topological polar surface area (TPSA) is 95.6 Å². The molecular weight excluding hydrogens is 378 g/mol. The van der Waals surface area contributed by atoms with Gasteiger partial charge < -0.3 is 10.6 Å². The Morgan fingerprint density at radius 1 is 1.11 bits per heavy atom. The summed E-state index contributed by atoms with van der Waals surface area (Å²) in [5, 5.41) is 5.69. The van der Waals surface area contributed by atoms with Gasteiger partial charge in [0.25, 0.3) is 5.91 Å². The van der Waals surface area contributed by atoms with Gasteiger partial charge in [0.15, 0.2) is 0 Å². The van der Waals surface area contributed by atoms with Crippen LogP contribution in [0.4, 0.5) is 5.69 Å². The van der Waals surface area contributed by atoms with Gasteiger partial charge in [0.1, 0.15) is 0 Å². The number of carbonyl (C=O) groups excluding carboxylic acids is 2. The third kappa shape index (κ3) is 2.98. The first-order chi connectivity index (χ1) is 13.2. The molecule has 0 bridgehead atoms. The van der Waals surface area contributed by atoms with Crippen molar-refractivity contribution in [1.82, 2.24) is 9.62 Å². The zero-order valence-electron chi connectivity index (χ0n) is 15.6. The number of rotatable bonds is 2. The molecule has 2 aliphatic heterocycles. The molecule has 2 N–H and O–H groups in total. The first-order valence-corrected chi connectivity index (χ1v) is 10.4. The fraction of sp³-hybridized carbons (Fsp3) is 0.300. The van der Waals surface area contributed by atoms with Crippen LogP contribution in [0.15, 0.2) is 53.4 Å². The van der Waals surface area contributed by atoms with Gasteiger partial charge >= 0.3 is 0 Å². The summed E-state index contributed by atoms with van der Waals surface area (Å²) >= 11 is 0. The summed E-state index contributed by atoms with van der Waals surface area (Å²) in [5.74, 6) is -1.35. The molecule has 0 saturated carbocycles. The van der Waals surface area contributed by atoms with Gasteiger partial charge in [-0.3, -0.25) is 9.59 Å². The van der Waals surface area contributed by atoms with Gasteiger partial charge in [-0.25, -0.2) is 8.42 Å². The zero-order chi connectivity index (χ0) is 20.1. The summed E-state index contributed by atoms with van der Waals surface area (Å²) in [6.45, 7) is 3.56. The molecule has 1 saturated heterocycles. The van der Waals surface area contributed by atoms with Gasteiger partial charge in [0.2, 0.25) is 15.9 Å². The number of nitrogens with one attached hydrogen (secondary N) is 2. The molecule has 2 aromatic carbocycles. The number of para-hydroxylation sites is 1. The maximum atomic E-state index is 13.1. The second kappa shape index (κ2) is 6.42. The molecule has 146 valence electrons. The molecule has 0 aliphatic carbocycles. The van der Waals surface area contributed by atoms with Crippen molar-refractivity contribution in [1.29, 1.82) is 0 Å². The highest BCUT2D eigenvalue weighted by atomic mass is 32.2. The number of fused-ring (bicyclic) bond motifs is 2. The summed E-state index contributed by atoms with van der Waals surface area (Å²) < 4.78 is 27.5. The van der Waals surface area contributed by atoms with Crippen LogP contribution in [0.3, 0.4) is 0 Å². The van der Waals surface area contributed by atoms with Crippen molar-refractivity contribution in [3.05, 3.63) is 59.7 Å². The van der Waals surface area contributed by atoms with Crippen LogP contribution in [0.5, 0.6) is 0 Å². The highest BCUT2D eigenvalue weighted by Gasteiger charge is 2.52. The number of anilines is 1. The van der Waals surface area contributed by atoms with Gasteiger partial charge in [-0.2, -0.15) is 4.31 Å². The number of sulfonamides is 1. The largest absolute Gasteiger partial charge is 0.345 e. The van der Waals surface area contributed by atoms with Crippen molar-refractivity contribution in [2.45, 2.75) is 24.3 Å². The van der Waals surface area contributed by atoms with Gasteiger partial charge in [0.05, 0.1) is 27.6 Å². The fourth-order valence-corrected chi connectivity index (χ4v) is 5.56. The molecule has 2 heterocycles. The number of amides is 2. The third-order valence-corrected chi connectivity index (χ3v) is 7.24. The third-order valence-electron chi connectivity index (χ3n) is 5.43. The highest BCUT2D eigenvalue weighted by Crippen LogP contribution is 2.35. The van der Waals surface area contributed by atoms with E-state index in [1.165, 1.54) is 4.31 Å². The lowest BCUT2D eigenvalue weighted by molar-refractivity contribution is -0.120. The number of carbonyl (C=O) groups is 2. The molecule has 8 heteroatoms. The van der Waals surface area contributed by atoms with E-state index in [-0.39, 0.29) is 29.8 Å². The quantitative estimate of drug-likeness (QED) is 0.804. The Morgan fingerprint density at radius 2 is 1.86 bits per heavy atom. The fourth-order valence-electron chi connectivity index (χ4n) is 3.89. The number of hydrogen-bond donors (Lipinski definition) is 2. The molecule has 4 rings (SSSR count). The van der Waals surface area contributed by atoms with Gasteiger partial charge in [0, 0.05) is 13.1 Å². The Labute approximate surface area is 163 Å². The Kier molecular flexibility index (Phi) is 4.28. The minimum absolute atomic E-state index is 0.00105. The normalized spacial score (nSPS) is 25.1. The summed E-state index contributed by atoms with van der Waals surface area (Å²) in [7, 11) is -3.79. The maximum Gasteiger partial charge on any atom is 0.253 e. The average molecular weight is 399 g/mol. The van der Waals surface area contributed by atoms with E-state index in [1.54, 1.807) is 49.4 Å². The minimum atomic E-state index is -3.79. The molecule has 0 unspecified atom stereocenters. The molecule has 1 fully saturated rings. The Morgan fingerprint density at radius 3 is 2.61 bits per heavy atom. The van der Waals surface area contributed by atoms with E-state index in [0.29, 0.717) is 11.3 Å². The lowest BCUT2D eigenvalue weighted by atomic mass is 9.86. The smallest absolute Gasteiger partial charge is 0.253 e. The van der Waals surface area contributed by atoms with Crippen molar-refractivity contribution >= 4 is 27.5 Å². The van der Waals surface area contributed by atoms with Crippen LogP contribution in [0, 0.1) is 12.8 Å². The molecule has 0 aromatic heterocycles. The molecular formula is C20H21N3O4S. The summed E-state index contributed by atoms with van der Waals surface area (Å²) in [6.07, 6.45) is 0. The Hall–Kier alpha value is -2.71. The van der Waals surface area contributed by atoms with Crippen LogP contribution in [0.1, 0.15) is 22.8 Å². The van der Waals surface area contributed by atoms with Crippen molar-refractivity contribution in [3.8, 4) is 0 Å². The predicted octanol–water partition coefficient (Wildman–Crippen LogP) is 1.76. The van der Waals surface area contributed by atoms with Gasteiger partial charge in [-0.1, -0.05) is 24.3 Å². The summed E-state index contributed by atoms with van der Waals surface area (Å²) in [5.41, 5.74) is 0.604. The lowest BCUT2D eigenvalue weighted by Gasteiger charge is -2.33. The second-order valence-corrected chi connectivity index (χ2v) is 9.51. The maximum absolute atomic E-state index is 13.1. The van der Waals surface area contributed by atoms with Crippen molar-refractivity contribution < 1.29 is 18.0 Å². The van der Waals surface area contributed by atoms with Crippen LogP contribution in [0.2, 0.25) is 0 Å². The lowest BCUT2D eigenvalue weighted by Crippen LogP contribution is -2.56. The first-order valence-electron chi connectivity index (χ1n) is 9.00. The number of hydrogen-bond acceptors (Lipinski definition) is 4. The van der Waals surface area contributed by atoms with Crippen LogP contribution in [0.25, 0.3) is 0 Å². The molecule has 2 aromatic rings. The summed E-state index contributed by atoms with van der Waals surface area (Å²) in [4.78, 5) is 25.8. The first kappa shape index (κ1) is 18.6. The number of benzene rings is 2. The van der Waals surface area contributed by atoms with Crippen molar-refractivity contribution in [2.24, 2.45) is 5.92 Å². The molecule has 0 spiro atoms. The van der Waals surface area contributed by atoms with E-state index in [0.717, 1.165) is 5.56 Å². The van der Waals surface area contributed by atoms with E-state index in [9.17, 15) is 18.0 Å². The van der Waals surface area contributed by atoms with E-state index >= 15 is 0 Å². The Bertz CT molecular complexity index is 1080. The molecule has 7 nitrogen and oxygen atoms in total. The van der Waals surface area contributed by atoms with Crippen LogP contribution >= 0.6 is 0 Å². The predicted molar refractivity (Wildman–Crippen MR) is 104 cm³/mol. The van der Waals surface area contributed by atoms with Crippen molar-refractivity contribution in [2.75, 3.05) is 18.4 Å². The molecule has 2 aliphatic rings. The SMILES string of the molecule is Cc1cccc(S(=O)(=O)N2C[C@H]3C(=O)Nc4ccccc4C(=O)N[C@@]3(C)C2)c1. The summed E-state index contributed by atoms with van der Waals surface area (Å²) in [6, 6.07) is 13.4. The van der Waals surface area contributed by atoms with Crippen molar-refractivity contribution in [3.63, 3.8) is 0 Å². The van der Waals surface area contributed by atoms with Crippen LogP contribution in [-0.4, -0.2) is 43.2 Å². The van der Waals surface area contributed by atoms with Gasteiger partial charge in [-0.05, 0) is 43.7 Å². The molecule has 2 amide bonds. The van der Waals surface area contributed by atoms with Crippen LogP contribution < -0.4 is 10.6 Å². The molecule has 28 heavy (non-hydrogen) atoms. The van der Waals surface area contributed by atoms with Gasteiger partial charge in [-0.15, -0.1) is 0 Å². The Balaban J connectivity index is 1.71. The van der Waals surface area contributed by atoms with E-state index in [4.69, 9.17) is 0 Å². The highest BCUT2D eigenvalue weighted by molar-refractivity contribution is 7.89. The minimum Gasteiger partial charge on any atom is -0.345 e. The number of nitrogens with zero attached hydrogens (tertiary/aromatic N) is 1. The monoisotopic (exact) mass is 399 g/mol. The van der Waals surface area contributed by atoms with E-state index in [1.807, 2.05) is 13.0 Å². The van der Waals surface area contributed by atoms with E-state index in [2.05, 4.69) is 10.6 Å². The second-order valence-electron chi connectivity index (χ2n) is 7.57. The standard InChI is InChI=1S/C20H21N3O4S/c1-13-6-5-7-14(10-13)28(26,27)23-11-16-19(25)21-17-9-4-3-8-15(17)18(24)22-20(16,2)12-23/h3-10,16H,11-12H2,1-2H3,(H,21,25)(H,22,24)/t16-,20-/m0/s1. The zero-order valence-corrected chi connectivity index (χ0v) is 16.4. The molecule has 0 radical (unpaired) electrons. The average Bonchev–Trinajstić information content (AvgIpc) is 2.99. The van der Waals surface area contributed by atoms with E-state index < -0.39 is 21.5 Å². The molecule has 2 atom stereocenters. The van der Waals surface area contributed by atoms with Crippen LogP contribution in [-0.2, 0) is 14.8 Å². The number of aryl methyl sites for hydroxylation is 1.